The molecule has 1 rings (SSSR count). The number of rotatable bonds is 6. The van der Waals surface area contributed by atoms with Crippen LogP contribution in [-0.4, -0.2) is 36.8 Å². The Labute approximate surface area is 104 Å². The molecule has 0 radical (unpaired) electrons. The fourth-order valence-electron chi connectivity index (χ4n) is 2.37. The van der Waals surface area contributed by atoms with Crippen molar-refractivity contribution in [3.63, 3.8) is 0 Å². The highest BCUT2D eigenvalue weighted by Crippen LogP contribution is 2.30. The number of carbonyl (C=O) groups is 1. The molecule has 100 valence electrons. The molecule has 1 aliphatic rings. The molecule has 1 amide bonds. The molecule has 0 bridgehead atoms. The molecule has 2 unspecified atom stereocenters. The predicted molar refractivity (Wildman–Crippen MR) is 68.8 cm³/mol. The van der Waals surface area contributed by atoms with Gasteiger partial charge in [-0.1, -0.05) is 13.8 Å². The quantitative estimate of drug-likeness (QED) is 0.652. The Hall–Kier alpha value is -0.610. The third-order valence-electron chi connectivity index (χ3n) is 3.87. The second-order valence-electron chi connectivity index (χ2n) is 5.02. The summed E-state index contributed by atoms with van der Waals surface area (Å²) in [5.74, 6) is 0.149. The maximum atomic E-state index is 12.2. The Bertz CT molecular complexity index is 238. The van der Waals surface area contributed by atoms with Crippen molar-refractivity contribution in [1.29, 1.82) is 0 Å². The van der Waals surface area contributed by atoms with Gasteiger partial charge in [-0.15, -0.1) is 0 Å². The summed E-state index contributed by atoms with van der Waals surface area (Å²) in [7, 11) is 0. The van der Waals surface area contributed by atoms with Crippen LogP contribution < -0.4 is 10.6 Å². The molecule has 1 fully saturated rings. The van der Waals surface area contributed by atoms with Crippen molar-refractivity contribution in [2.45, 2.75) is 52.1 Å². The second-order valence-corrected chi connectivity index (χ2v) is 5.02. The van der Waals surface area contributed by atoms with Gasteiger partial charge in [-0.2, -0.15) is 0 Å². The summed E-state index contributed by atoms with van der Waals surface area (Å²) >= 11 is 0. The average molecular weight is 242 g/mol. The summed E-state index contributed by atoms with van der Waals surface area (Å²) in [4.78, 5) is 12.2. The number of hydrogen-bond donors (Lipinski definition) is 3. The minimum atomic E-state index is -0.294. The van der Waals surface area contributed by atoms with E-state index in [-0.39, 0.29) is 17.4 Å². The van der Waals surface area contributed by atoms with E-state index in [1.54, 1.807) is 0 Å². The minimum absolute atomic E-state index is 0.149. The summed E-state index contributed by atoms with van der Waals surface area (Å²) in [6.07, 6.45) is 4.02. The van der Waals surface area contributed by atoms with Gasteiger partial charge in [0.25, 0.3) is 0 Å². The third-order valence-corrected chi connectivity index (χ3v) is 3.87. The highest BCUT2D eigenvalue weighted by molar-refractivity contribution is 5.82. The SMILES string of the molecule is CCC(O)CCNC(=O)C1(CC)CCCNC1. The number of carbonyl (C=O) groups excluding carboxylic acids is 1. The average Bonchev–Trinajstić information content (AvgIpc) is 2.39. The van der Waals surface area contributed by atoms with Crippen molar-refractivity contribution in [2.24, 2.45) is 5.41 Å². The van der Waals surface area contributed by atoms with E-state index in [1.165, 1.54) is 0 Å². The number of amides is 1. The highest BCUT2D eigenvalue weighted by atomic mass is 16.3. The first kappa shape index (κ1) is 14.5. The third kappa shape index (κ3) is 3.96. The predicted octanol–water partition coefficient (Wildman–Crippen LogP) is 1.04. The fraction of sp³-hybridized carbons (Fsp3) is 0.923. The lowest BCUT2D eigenvalue weighted by Crippen LogP contribution is -2.50. The van der Waals surface area contributed by atoms with Crippen LogP contribution in [0.2, 0.25) is 0 Å². The van der Waals surface area contributed by atoms with Gasteiger partial charge in [-0.05, 0) is 38.6 Å². The first-order valence-corrected chi connectivity index (χ1v) is 6.81. The molecule has 1 saturated heterocycles. The lowest BCUT2D eigenvalue weighted by Gasteiger charge is -2.35. The summed E-state index contributed by atoms with van der Waals surface area (Å²) in [5.41, 5.74) is -0.227. The first-order valence-electron chi connectivity index (χ1n) is 6.81. The molecular weight excluding hydrogens is 216 g/mol. The van der Waals surface area contributed by atoms with Gasteiger partial charge in [-0.25, -0.2) is 0 Å². The van der Waals surface area contributed by atoms with Gasteiger partial charge in [0.1, 0.15) is 0 Å². The van der Waals surface area contributed by atoms with Gasteiger partial charge in [-0.3, -0.25) is 4.79 Å². The van der Waals surface area contributed by atoms with Gasteiger partial charge in [0.05, 0.1) is 11.5 Å². The Morgan fingerprint density at radius 1 is 1.53 bits per heavy atom. The van der Waals surface area contributed by atoms with E-state index in [2.05, 4.69) is 17.6 Å². The Morgan fingerprint density at radius 2 is 2.29 bits per heavy atom. The summed E-state index contributed by atoms with van der Waals surface area (Å²) in [6.45, 7) is 6.41. The lowest BCUT2D eigenvalue weighted by atomic mass is 9.77. The molecule has 3 N–H and O–H groups in total. The van der Waals surface area contributed by atoms with Crippen LogP contribution in [0.25, 0.3) is 0 Å². The molecule has 0 aliphatic carbocycles. The van der Waals surface area contributed by atoms with Crippen LogP contribution in [0.5, 0.6) is 0 Å². The molecule has 4 nitrogen and oxygen atoms in total. The van der Waals surface area contributed by atoms with E-state index in [4.69, 9.17) is 0 Å². The Morgan fingerprint density at radius 3 is 2.82 bits per heavy atom. The molecule has 0 aromatic rings. The maximum Gasteiger partial charge on any atom is 0.227 e. The standard InChI is InChI=1S/C13H26N2O2/c1-3-11(16)6-9-15-12(17)13(4-2)7-5-8-14-10-13/h11,14,16H,3-10H2,1-2H3,(H,15,17). The van der Waals surface area contributed by atoms with Crippen molar-refractivity contribution in [3.05, 3.63) is 0 Å². The summed E-state index contributed by atoms with van der Waals surface area (Å²) < 4.78 is 0. The number of hydrogen-bond acceptors (Lipinski definition) is 3. The molecule has 0 aromatic heterocycles. The molecular formula is C13H26N2O2. The van der Waals surface area contributed by atoms with Gasteiger partial charge in [0, 0.05) is 13.1 Å². The molecule has 17 heavy (non-hydrogen) atoms. The molecule has 4 heteroatoms. The second kappa shape index (κ2) is 6.97. The van der Waals surface area contributed by atoms with Crippen LogP contribution >= 0.6 is 0 Å². The zero-order chi connectivity index (χ0) is 12.7. The normalized spacial score (nSPS) is 26.5. The molecule has 0 aromatic carbocycles. The monoisotopic (exact) mass is 242 g/mol. The number of piperidine rings is 1. The minimum Gasteiger partial charge on any atom is -0.393 e. The van der Waals surface area contributed by atoms with Gasteiger partial charge in [0.2, 0.25) is 5.91 Å². The van der Waals surface area contributed by atoms with Crippen molar-refractivity contribution in [1.82, 2.24) is 10.6 Å². The van der Waals surface area contributed by atoms with Crippen molar-refractivity contribution < 1.29 is 9.90 Å². The largest absolute Gasteiger partial charge is 0.393 e. The first-order chi connectivity index (χ1) is 8.14. The van der Waals surface area contributed by atoms with Gasteiger partial charge >= 0.3 is 0 Å². The zero-order valence-electron chi connectivity index (χ0n) is 11.1. The number of aliphatic hydroxyl groups excluding tert-OH is 1. The fourth-order valence-corrected chi connectivity index (χ4v) is 2.37. The van der Waals surface area contributed by atoms with E-state index in [9.17, 15) is 9.90 Å². The van der Waals surface area contributed by atoms with Gasteiger partial charge < -0.3 is 15.7 Å². The van der Waals surface area contributed by atoms with Crippen LogP contribution in [-0.2, 0) is 4.79 Å². The van der Waals surface area contributed by atoms with E-state index in [0.29, 0.717) is 13.0 Å². The molecule has 2 atom stereocenters. The van der Waals surface area contributed by atoms with E-state index >= 15 is 0 Å². The maximum absolute atomic E-state index is 12.2. The topological polar surface area (TPSA) is 61.4 Å². The van der Waals surface area contributed by atoms with Crippen LogP contribution in [0, 0.1) is 5.41 Å². The van der Waals surface area contributed by atoms with Crippen molar-refractivity contribution in [3.8, 4) is 0 Å². The van der Waals surface area contributed by atoms with Crippen LogP contribution in [0.3, 0.4) is 0 Å². The highest BCUT2D eigenvalue weighted by Gasteiger charge is 2.37. The number of aliphatic hydroxyl groups is 1. The zero-order valence-corrected chi connectivity index (χ0v) is 11.1. The van der Waals surface area contributed by atoms with E-state index < -0.39 is 0 Å². The van der Waals surface area contributed by atoms with Crippen molar-refractivity contribution >= 4 is 5.91 Å². The van der Waals surface area contributed by atoms with E-state index in [1.807, 2.05) is 6.92 Å². The Balaban J connectivity index is 2.38. The van der Waals surface area contributed by atoms with Crippen LogP contribution in [0.4, 0.5) is 0 Å². The van der Waals surface area contributed by atoms with Gasteiger partial charge in [0.15, 0.2) is 0 Å². The van der Waals surface area contributed by atoms with Crippen LogP contribution in [0.1, 0.15) is 46.0 Å². The number of nitrogens with one attached hydrogen (secondary N) is 2. The van der Waals surface area contributed by atoms with E-state index in [0.717, 1.165) is 38.8 Å². The Kier molecular flexibility index (Phi) is 5.92. The molecule has 1 aliphatic heterocycles. The van der Waals surface area contributed by atoms with Crippen molar-refractivity contribution in [2.75, 3.05) is 19.6 Å². The molecule has 0 spiro atoms. The molecule has 1 heterocycles. The lowest BCUT2D eigenvalue weighted by molar-refractivity contribution is -0.132. The smallest absolute Gasteiger partial charge is 0.227 e. The van der Waals surface area contributed by atoms with Crippen LogP contribution in [0.15, 0.2) is 0 Å². The summed E-state index contributed by atoms with van der Waals surface area (Å²) in [6, 6.07) is 0. The molecule has 0 saturated carbocycles. The summed E-state index contributed by atoms with van der Waals surface area (Å²) in [5, 5.41) is 15.7.